The first-order chi connectivity index (χ1) is 39.1. The van der Waals surface area contributed by atoms with Crippen molar-refractivity contribution in [3.05, 3.63) is 0 Å². The molecular weight excluding hydrogens is 10900 g/mol. The summed E-state index contributed by atoms with van der Waals surface area (Å²) in [4.78, 5) is 0. The Hall–Kier alpha value is 62.8. The summed E-state index contributed by atoms with van der Waals surface area (Å²) in [6, 6.07) is 0. The van der Waals surface area contributed by atoms with Gasteiger partial charge in [0.25, 0.3) is 0 Å². The van der Waals surface area contributed by atoms with E-state index in [-0.39, 0.29) is 0 Å². The first kappa shape index (κ1) is 149. The maximum absolute atomic E-state index is 3.47. The monoisotopic (exact) mass is 10900 g/mol. The third-order valence-corrected chi connectivity index (χ3v) is 6780. The SMILES string of the molecule is II(I)I(I)I(I)I(I)I(I)I(I)I(I)I(I)I(I)I(I)I(I)I(I)I(I)I(I)I(I)I(I)I(I)I(I)I(I)I(I)I(I)I(I)I(I)I(I)I(I)I(I)I(I)I(I)I(I)I(I)I(I)I(I)I(I)I(I)I(I)I(I)I(I)I(I)I(I)I(I)I(I)I(I)I. The van der Waals surface area contributed by atoms with E-state index in [4.69, 9.17) is 0 Å². The summed E-state index contributed by atoms with van der Waals surface area (Å²) in [5, 5.41) is 0. The van der Waals surface area contributed by atoms with Gasteiger partial charge in [0, 0.05) is 0 Å². The molecule has 0 unspecified atom stereocenters. The van der Waals surface area contributed by atoms with Crippen LogP contribution in [0, 0.1) is 0 Å². The van der Waals surface area contributed by atoms with Gasteiger partial charge in [-0.05, 0) is 0 Å². The van der Waals surface area contributed by atoms with Crippen LogP contribution in [0.4, 0.5) is 0 Å². The average molecular weight is 10900 g/mol. The van der Waals surface area contributed by atoms with Gasteiger partial charge in [0.1, 0.15) is 0 Å². The van der Waals surface area contributed by atoms with Crippen LogP contribution in [-0.4, -0.2) is 0 Å². The van der Waals surface area contributed by atoms with Crippen molar-refractivity contribution in [2.45, 2.75) is 0 Å². The van der Waals surface area contributed by atoms with Crippen molar-refractivity contribution < 1.29 is 0 Å². The summed E-state index contributed by atoms with van der Waals surface area (Å²) in [5.74, 6) is 0. The molecule has 0 N–H and O–H groups in total. The zero-order valence-corrected chi connectivity index (χ0v) is 218. The second-order valence-electron chi connectivity index (χ2n) is 6.80. The van der Waals surface area contributed by atoms with Crippen molar-refractivity contribution in [3.8, 4) is 0 Å². The van der Waals surface area contributed by atoms with E-state index in [0.29, 0.717) is 0 Å². The molecule has 0 aliphatic rings. The van der Waals surface area contributed by atoms with Crippen LogP contribution in [0.15, 0.2) is 0 Å². The van der Waals surface area contributed by atoms with Gasteiger partial charge in [-0.25, -0.2) is 0 Å². The topological polar surface area (TPSA) is 0 Å². The Balaban J connectivity index is 5.84. The fraction of sp³-hybridized carbons (Fsp3) is 0. The first-order valence-corrected chi connectivity index (χ1v) is 546. The molecule has 0 aromatic carbocycles. The van der Waals surface area contributed by atoms with Gasteiger partial charge in [0.05, 0.1) is 0 Å². The fourth-order valence-electron chi connectivity index (χ4n) is 1.23. The Labute approximate surface area is 1080 Å². The average Bonchev–Trinajstić information content (AvgIpc) is 3.54. The van der Waals surface area contributed by atoms with Crippen molar-refractivity contribution in [2.75, 3.05) is 0 Å². The summed E-state index contributed by atoms with van der Waals surface area (Å²) >= 11 is 148. The van der Waals surface area contributed by atoms with Crippen LogP contribution in [0.1, 0.15) is 0 Å². The molecule has 86 heavy (non-hydrogen) atoms. The second kappa shape index (κ2) is 89.3. The molecule has 602 valence electrons. The molecule has 0 aliphatic carbocycles. The summed E-state index contributed by atoms with van der Waals surface area (Å²) in [7, 11) is -25.1. The molecule has 0 saturated heterocycles. The summed E-state index contributed by atoms with van der Waals surface area (Å²) in [6.45, 7) is 0. The van der Waals surface area contributed by atoms with Gasteiger partial charge in [0.2, 0.25) is 0 Å². The molecule has 0 aromatic rings. The van der Waals surface area contributed by atoms with Crippen LogP contribution >= 0.6 is 1150 Å². The number of hydrogen-bond acceptors (Lipinski definition) is 0. The Morgan fingerprint density at radius 2 is 0.0930 bits per heavy atom. The minimum absolute atomic E-state index is 0.486. The van der Waals surface area contributed by atoms with Crippen LogP contribution in [-0.2, 0) is 0 Å². The molecule has 0 nitrogen and oxygen atoms in total. The van der Waals surface area contributed by atoms with Gasteiger partial charge >= 0.3 is 1150 Å². The molecule has 0 aromatic heterocycles. The predicted molar refractivity (Wildman–Crippen MR) is 1210 cm³/mol. The van der Waals surface area contributed by atoms with E-state index in [2.05, 4.69) is 819 Å². The van der Waals surface area contributed by atoms with Gasteiger partial charge in [-0.2, -0.15) is 0 Å². The molecule has 0 bridgehead atoms. The summed E-state index contributed by atoms with van der Waals surface area (Å²) in [5.41, 5.74) is 0. The van der Waals surface area contributed by atoms with E-state index in [0.717, 1.165) is 0 Å². The quantitative estimate of drug-likeness (QED) is 0.0535. The van der Waals surface area contributed by atoms with Crippen molar-refractivity contribution in [3.63, 3.8) is 0 Å². The van der Waals surface area contributed by atoms with Crippen molar-refractivity contribution in [2.24, 2.45) is 0 Å². The molecule has 0 saturated carbocycles. The van der Waals surface area contributed by atoms with E-state index in [1.807, 2.05) is 0 Å². The Morgan fingerprint density at radius 1 is 0.0581 bits per heavy atom. The van der Waals surface area contributed by atoms with Gasteiger partial charge in [-0.3, -0.25) is 0 Å². The maximum atomic E-state index is 3.47. The minimum atomic E-state index is -0.646. The van der Waals surface area contributed by atoms with E-state index in [1.165, 1.54) is 0 Å². The van der Waals surface area contributed by atoms with Crippen LogP contribution in [0.25, 0.3) is 0 Å². The molecule has 0 spiro atoms. The van der Waals surface area contributed by atoms with Gasteiger partial charge in [-0.1, -0.05) is 0 Å². The fourth-order valence-corrected chi connectivity index (χ4v) is 16800. The first-order valence-electron chi connectivity index (χ1n) is 12.1. The molecule has 0 amide bonds. The van der Waals surface area contributed by atoms with E-state index >= 15 is 0 Å². The normalized spacial score (nSPS) is 19.1. The summed E-state index contributed by atoms with van der Waals surface area (Å²) < 4.78 is 0. The van der Waals surface area contributed by atoms with Crippen LogP contribution in [0.5, 0.6) is 0 Å². The molecule has 0 rings (SSSR count). The molecule has 0 fully saturated rings. The molecule has 86 heteroatoms. The zero-order chi connectivity index (χ0) is 68.2. The Kier molecular flexibility index (Phi) is 155. The predicted octanol–water partition coefficient (Wildman–Crippen LogP) is 76.2. The number of hydrogen-bond donors (Lipinski definition) is 0. The molecule has 0 heterocycles. The third kappa shape index (κ3) is 60.7. The molecular formula is I86. The zero-order valence-electron chi connectivity index (χ0n) is 32.5. The Morgan fingerprint density at radius 3 is 0.128 bits per heavy atom. The van der Waals surface area contributed by atoms with Crippen LogP contribution in [0.2, 0.25) is 0 Å². The van der Waals surface area contributed by atoms with Crippen molar-refractivity contribution in [1.82, 2.24) is 0 Å². The molecule has 0 atom stereocenters. The number of rotatable bonds is 41. The Bertz CT molecular complexity index is 1630. The van der Waals surface area contributed by atoms with E-state index in [9.17, 15) is 0 Å². The van der Waals surface area contributed by atoms with Crippen LogP contribution in [0.3, 0.4) is 0 Å². The molecule has 0 aliphatic heterocycles. The van der Waals surface area contributed by atoms with Gasteiger partial charge in [0.15, 0.2) is 0 Å². The van der Waals surface area contributed by atoms with Gasteiger partial charge < -0.3 is 0 Å². The molecule has 0 radical (unpaired) electrons. The van der Waals surface area contributed by atoms with E-state index < -0.39 is 332 Å². The van der Waals surface area contributed by atoms with Gasteiger partial charge in [-0.15, -0.1) is 0 Å². The second-order valence-corrected chi connectivity index (χ2v) is 2050. The number of halogens is 86. The standard InChI is InChI=1S/I86/c1-45(2)47(5)49(7)51(9)53(11)55(13)57(15)59(17)61(19)63(21)65(23)67(25)69(27)71(29)73(31)75(33)77(35)79(37)81(39)83(41)85(43)86(44)84(42)82(40)80(38)78(36)76(34)74(32)72(30)70(28)68(26)66(24)64(22)62(20)60(18)58(16)56(14)54(12)52(10)50(8)48(6)46(3)4. The third-order valence-electron chi connectivity index (χ3n) is 3.35. The van der Waals surface area contributed by atoms with Crippen LogP contribution < -0.4 is 0 Å². The van der Waals surface area contributed by atoms with Crippen molar-refractivity contribution in [1.29, 1.82) is 0 Å². The summed E-state index contributed by atoms with van der Waals surface area (Å²) in [6.07, 6.45) is 0. The van der Waals surface area contributed by atoms with Crippen molar-refractivity contribution >= 4 is 1150 Å². The van der Waals surface area contributed by atoms with E-state index in [1.54, 1.807) is 0 Å².